The Morgan fingerprint density at radius 2 is 1.76 bits per heavy atom. The highest BCUT2D eigenvalue weighted by Gasteiger charge is 2.34. The van der Waals surface area contributed by atoms with Crippen molar-refractivity contribution in [3.63, 3.8) is 0 Å². The molecule has 1 aliphatic rings. The zero-order valence-corrected chi connectivity index (χ0v) is 16.0. The first kappa shape index (κ1) is 18.5. The van der Waals surface area contributed by atoms with Gasteiger partial charge in [-0.25, -0.2) is 9.80 Å². The number of ether oxygens (including phenoxy) is 1. The third-order valence-electron chi connectivity index (χ3n) is 4.94. The molecular formula is C22H19N3O4. The van der Waals surface area contributed by atoms with E-state index in [1.54, 1.807) is 48.0 Å². The van der Waals surface area contributed by atoms with E-state index < -0.39 is 17.9 Å². The first-order valence-electron chi connectivity index (χ1n) is 9.11. The SMILES string of the molecule is COC(=O)[C@@H](C)n1cc(/C=C2/C(=O)NN(c3ccccc3)C2=O)c2ccccc21. The van der Waals surface area contributed by atoms with Gasteiger partial charge in [-0.1, -0.05) is 36.4 Å². The molecular weight excluding hydrogens is 370 g/mol. The molecule has 0 spiro atoms. The lowest BCUT2D eigenvalue weighted by Gasteiger charge is -2.13. The fourth-order valence-electron chi connectivity index (χ4n) is 3.42. The van der Waals surface area contributed by atoms with Gasteiger partial charge in [-0.05, 0) is 31.2 Å². The zero-order valence-electron chi connectivity index (χ0n) is 16.0. The predicted octanol–water partition coefficient (Wildman–Crippen LogP) is 2.84. The molecule has 0 unspecified atom stereocenters. The summed E-state index contributed by atoms with van der Waals surface area (Å²) in [6.07, 6.45) is 3.31. The Labute approximate surface area is 167 Å². The molecule has 1 N–H and O–H groups in total. The number of hydrogen-bond donors (Lipinski definition) is 1. The number of esters is 1. The number of anilines is 1. The van der Waals surface area contributed by atoms with Crippen LogP contribution in [0.4, 0.5) is 5.69 Å². The van der Waals surface area contributed by atoms with Gasteiger partial charge in [-0.2, -0.15) is 0 Å². The van der Waals surface area contributed by atoms with E-state index in [1.807, 2.05) is 30.3 Å². The molecule has 0 bridgehead atoms. The summed E-state index contributed by atoms with van der Waals surface area (Å²) in [6, 6.07) is 15.8. The Balaban J connectivity index is 1.78. The molecule has 2 amide bonds. The quantitative estimate of drug-likeness (QED) is 0.423. The largest absolute Gasteiger partial charge is 0.467 e. The van der Waals surface area contributed by atoms with Gasteiger partial charge in [-0.15, -0.1) is 0 Å². The molecule has 0 saturated carbocycles. The van der Waals surface area contributed by atoms with E-state index in [0.29, 0.717) is 11.3 Å². The number of carbonyl (C=O) groups excluding carboxylic acids is 3. The van der Waals surface area contributed by atoms with Gasteiger partial charge in [0, 0.05) is 22.7 Å². The van der Waals surface area contributed by atoms with E-state index >= 15 is 0 Å². The Bertz CT molecular complexity index is 1150. The molecule has 7 nitrogen and oxygen atoms in total. The van der Waals surface area contributed by atoms with Crippen LogP contribution in [0.3, 0.4) is 0 Å². The highest BCUT2D eigenvalue weighted by molar-refractivity contribution is 6.32. The molecule has 1 aromatic heterocycles. The summed E-state index contributed by atoms with van der Waals surface area (Å²) in [7, 11) is 1.34. The minimum atomic E-state index is -0.550. The van der Waals surface area contributed by atoms with Crippen LogP contribution < -0.4 is 10.4 Å². The van der Waals surface area contributed by atoms with Crippen molar-refractivity contribution in [1.29, 1.82) is 0 Å². The van der Waals surface area contributed by atoms with E-state index in [9.17, 15) is 14.4 Å². The molecule has 1 aliphatic heterocycles. The maximum atomic E-state index is 12.8. The van der Waals surface area contributed by atoms with Crippen molar-refractivity contribution in [3.8, 4) is 0 Å². The van der Waals surface area contributed by atoms with E-state index in [1.165, 1.54) is 12.1 Å². The van der Waals surface area contributed by atoms with E-state index in [-0.39, 0.29) is 11.5 Å². The van der Waals surface area contributed by atoms with Crippen LogP contribution in [0, 0.1) is 0 Å². The summed E-state index contributed by atoms with van der Waals surface area (Å²) >= 11 is 0. The van der Waals surface area contributed by atoms with Crippen molar-refractivity contribution in [3.05, 3.63) is 71.9 Å². The maximum Gasteiger partial charge on any atom is 0.328 e. The summed E-state index contributed by atoms with van der Waals surface area (Å²) in [5, 5.41) is 2.05. The van der Waals surface area contributed by atoms with Gasteiger partial charge in [0.05, 0.1) is 12.8 Å². The second kappa shape index (κ2) is 7.27. The van der Waals surface area contributed by atoms with Crippen LogP contribution in [0.15, 0.2) is 66.4 Å². The first-order valence-corrected chi connectivity index (χ1v) is 9.11. The van der Waals surface area contributed by atoms with Crippen LogP contribution in [-0.4, -0.2) is 29.5 Å². The van der Waals surface area contributed by atoms with E-state index in [4.69, 9.17) is 4.74 Å². The number of benzene rings is 2. The molecule has 146 valence electrons. The number of hydrazine groups is 1. The molecule has 3 aromatic rings. The summed E-state index contributed by atoms with van der Waals surface area (Å²) in [5.41, 5.74) is 4.68. The molecule has 1 fully saturated rings. The van der Waals surface area contributed by atoms with E-state index in [0.717, 1.165) is 10.9 Å². The Morgan fingerprint density at radius 1 is 1.07 bits per heavy atom. The lowest BCUT2D eigenvalue weighted by atomic mass is 10.1. The summed E-state index contributed by atoms with van der Waals surface area (Å²) in [5.74, 6) is -1.29. The standard InChI is InChI=1S/C22H19N3O4/c1-14(22(28)29-2)24-13-15(17-10-6-7-11-19(17)24)12-18-20(26)23-25(21(18)27)16-8-4-3-5-9-16/h3-14H,1-2H3,(H,23,26)/b18-12-/t14-/m1/s1. The number of nitrogens with one attached hydrogen (secondary N) is 1. The molecule has 2 aromatic carbocycles. The van der Waals surface area contributed by atoms with Crippen LogP contribution in [0.5, 0.6) is 0 Å². The van der Waals surface area contributed by atoms with Gasteiger partial charge in [0.2, 0.25) is 0 Å². The number of aromatic nitrogens is 1. The molecule has 1 saturated heterocycles. The first-order chi connectivity index (χ1) is 14.0. The van der Waals surface area contributed by atoms with Crippen molar-refractivity contribution in [2.45, 2.75) is 13.0 Å². The van der Waals surface area contributed by atoms with Gasteiger partial charge in [-0.3, -0.25) is 15.0 Å². The van der Waals surface area contributed by atoms with Gasteiger partial charge in [0.1, 0.15) is 11.6 Å². The number of hydrogen-bond acceptors (Lipinski definition) is 4. The Hall–Kier alpha value is -3.87. The Morgan fingerprint density at radius 3 is 2.48 bits per heavy atom. The van der Waals surface area contributed by atoms with Crippen LogP contribution in [0.1, 0.15) is 18.5 Å². The van der Waals surface area contributed by atoms with Crippen LogP contribution in [0.2, 0.25) is 0 Å². The second-order valence-corrected chi connectivity index (χ2v) is 6.68. The van der Waals surface area contributed by atoms with Crippen molar-refractivity contribution in [2.24, 2.45) is 0 Å². The average Bonchev–Trinajstić information content (AvgIpc) is 3.26. The average molecular weight is 389 g/mol. The fraction of sp³-hybridized carbons (Fsp3) is 0.136. The van der Waals surface area contributed by atoms with Gasteiger partial charge in [0.15, 0.2) is 0 Å². The smallest absolute Gasteiger partial charge is 0.328 e. The van der Waals surface area contributed by atoms with Gasteiger partial charge >= 0.3 is 5.97 Å². The maximum absolute atomic E-state index is 12.8. The third-order valence-corrected chi connectivity index (χ3v) is 4.94. The second-order valence-electron chi connectivity index (χ2n) is 6.68. The van der Waals surface area contributed by atoms with Crippen molar-refractivity contribution < 1.29 is 19.1 Å². The number of para-hydroxylation sites is 2. The summed E-state index contributed by atoms with van der Waals surface area (Å²) < 4.78 is 6.63. The van der Waals surface area contributed by atoms with Crippen LogP contribution in [-0.2, 0) is 19.1 Å². The third kappa shape index (κ3) is 3.16. The normalized spacial score (nSPS) is 16.3. The minimum Gasteiger partial charge on any atom is -0.467 e. The molecule has 0 radical (unpaired) electrons. The number of nitrogens with zero attached hydrogens (tertiary/aromatic N) is 2. The zero-order chi connectivity index (χ0) is 20.5. The number of rotatable bonds is 4. The van der Waals surface area contributed by atoms with Crippen molar-refractivity contribution in [2.75, 3.05) is 12.1 Å². The van der Waals surface area contributed by atoms with Gasteiger partial charge in [0.25, 0.3) is 11.8 Å². The molecule has 0 aliphatic carbocycles. The molecule has 2 heterocycles. The minimum absolute atomic E-state index is 0.0301. The highest BCUT2D eigenvalue weighted by atomic mass is 16.5. The topological polar surface area (TPSA) is 80.6 Å². The molecule has 29 heavy (non-hydrogen) atoms. The molecule has 4 rings (SSSR count). The van der Waals surface area contributed by atoms with E-state index in [2.05, 4.69) is 5.43 Å². The van der Waals surface area contributed by atoms with Crippen molar-refractivity contribution >= 4 is 40.4 Å². The lowest BCUT2D eigenvalue weighted by Crippen LogP contribution is -2.35. The monoisotopic (exact) mass is 389 g/mol. The number of amides is 2. The number of fused-ring (bicyclic) bond motifs is 1. The number of methoxy groups -OCH3 is 1. The predicted molar refractivity (Wildman–Crippen MR) is 109 cm³/mol. The lowest BCUT2D eigenvalue weighted by molar-refractivity contribution is -0.143. The molecule has 7 heteroatoms. The number of carbonyl (C=O) groups is 3. The van der Waals surface area contributed by atoms with Crippen molar-refractivity contribution in [1.82, 2.24) is 9.99 Å². The van der Waals surface area contributed by atoms with Crippen LogP contribution in [0.25, 0.3) is 17.0 Å². The van der Waals surface area contributed by atoms with Crippen LogP contribution >= 0.6 is 0 Å². The summed E-state index contributed by atoms with van der Waals surface area (Å²) in [6.45, 7) is 1.74. The molecule has 1 atom stereocenters. The highest BCUT2D eigenvalue weighted by Crippen LogP contribution is 2.28. The summed E-state index contributed by atoms with van der Waals surface area (Å²) in [4.78, 5) is 37.4. The Kier molecular flexibility index (Phi) is 4.64. The van der Waals surface area contributed by atoms with Gasteiger partial charge < -0.3 is 9.30 Å². The fourth-order valence-corrected chi connectivity index (χ4v) is 3.42.